The van der Waals surface area contributed by atoms with Crippen molar-refractivity contribution in [3.8, 4) is 5.75 Å². The minimum Gasteiger partial charge on any atom is -0.484 e. The van der Waals surface area contributed by atoms with Gasteiger partial charge in [-0.25, -0.2) is 0 Å². The number of nitrogens with one attached hydrogen (secondary N) is 3. The number of hydrazine groups is 1. The Morgan fingerprint density at radius 2 is 1.73 bits per heavy atom. The molecule has 0 aliphatic carbocycles. The summed E-state index contributed by atoms with van der Waals surface area (Å²) in [4.78, 5) is 23.7. The second kappa shape index (κ2) is 9.17. The molecule has 0 radical (unpaired) electrons. The molecule has 0 spiro atoms. The van der Waals surface area contributed by atoms with Gasteiger partial charge >= 0.3 is 0 Å². The van der Waals surface area contributed by atoms with Gasteiger partial charge in [0.25, 0.3) is 11.8 Å². The van der Waals surface area contributed by atoms with E-state index in [1.165, 1.54) is 0 Å². The number of hydrogen-bond donors (Lipinski definition) is 3. The Bertz CT molecular complexity index is 825. The van der Waals surface area contributed by atoms with Crippen LogP contribution in [0.2, 0.25) is 5.02 Å². The predicted octanol–water partition coefficient (Wildman–Crippen LogP) is 2.67. The molecule has 2 rings (SSSR count). The topological polar surface area (TPSA) is 79.5 Å². The highest BCUT2D eigenvalue weighted by Crippen LogP contribution is 2.16. The van der Waals surface area contributed by atoms with E-state index >= 15 is 0 Å². The normalized spacial score (nSPS) is 9.96. The lowest BCUT2D eigenvalue weighted by Crippen LogP contribution is -2.49. The highest BCUT2D eigenvalue weighted by atomic mass is 35.5. The van der Waals surface area contributed by atoms with Crippen molar-refractivity contribution in [1.29, 1.82) is 0 Å². The van der Waals surface area contributed by atoms with Crippen molar-refractivity contribution >= 4 is 40.7 Å². The third-order valence-corrected chi connectivity index (χ3v) is 3.95. The molecule has 0 saturated carbocycles. The SMILES string of the molecule is Cc1ccc(OCC(=O)NC(=S)NNC(=O)c2ccc(Cl)cc2)cc1C. The van der Waals surface area contributed by atoms with Crippen molar-refractivity contribution in [2.75, 3.05) is 6.61 Å². The van der Waals surface area contributed by atoms with E-state index in [0.717, 1.165) is 11.1 Å². The van der Waals surface area contributed by atoms with Gasteiger partial charge in [0, 0.05) is 10.6 Å². The van der Waals surface area contributed by atoms with Crippen LogP contribution < -0.4 is 20.9 Å². The van der Waals surface area contributed by atoms with Crippen LogP contribution in [0.25, 0.3) is 0 Å². The first-order chi connectivity index (χ1) is 12.3. The van der Waals surface area contributed by atoms with E-state index in [0.29, 0.717) is 16.3 Å². The number of amides is 2. The van der Waals surface area contributed by atoms with Crippen molar-refractivity contribution in [2.45, 2.75) is 13.8 Å². The quantitative estimate of drug-likeness (QED) is 0.551. The molecule has 2 aromatic carbocycles. The summed E-state index contributed by atoms with van der Waals surface area (Å²) in [6.45, 7) is 3.76. The lowest BCUT2D eigenvalue weighted by Gasteiger charge is -2.12. The van der Waals surface area contributed by atoms with E-state index in [1.807, 2.05) is 26.0 Å². The minimum absolute atomic E-state index is 0.0407. The molecule has 0 unspecified atom stereocenters. The molecule has 136 valence electrons. The van der Waals surface area contributed by atoms with Crippen molar-refractivity contribution < 1.29 is 14.3 Å². The molecule has 0 heterocycles. The molecule has 0 fully saturated rings. The van der Waals surface area contributed by atoms with Gasteiger partial charge in [0.15, 0.2) is 11.7 Å². The number of aryl methyl sites for hydroxylation is 2. The number of thiocarbonyl (C=S) groups is 1. The van der Waals surface area contributed by atoms with Crippen molar-refractivity contribution in [3.05, 3.63) is 64.2 Å². The van der Waals surface area contributed by atoms with E-state index in [9.17, 15) is 9.59 Å². The van der Waals surface area contributed by atoms with Gasteiger partial charge in [0.1, 0.15) is 5.75 Å². The Morgan fingerprint density at radius 3 is 2.38 bits per heavy atom. The first-order valence-electron chi connectivity index (χ1n) is 7.71. The standard InChI is InChI=1S/C18H18ClN3O3S/c1-11-3-8-15(9-12(11)2)25-10-16(23)20-18(26)22-21-17(24)13-4-6-14(19)7-5-13/h3-9H,10H2,1-2H3,(H,21,24)(H2,20,22,23,26). The summed E-state index contributed by atoms with van der Waals surface area (Å²) >= 11 is 10.7. The summed E-state index contributed by atoms with van der Waals surface area (Å²) in [6, 6.07) is 11.9. The van der Waals surface area contributed by atoms with Gasteiger partial charge in [-0.15, -0.1) is 0 Å². The van der Waals surface area contributed by atoms with Gasteiger partial charge in [0.2, 0.25) is 0 Å². The maximum Gasteiger partial charge on any atom is 0.269 e. The van der Waals surface area contributed by atoms with Crippen LogP contribution in [0.5, 0.6) is 5.75 Å². The lowest BCUT2D eigenvalue weighted by molar-refractivity contribution is -0.121. The third kappa shape index (κ3) is 6.02. The Labute approximate surface area is 161 Å². The molecule has 0 aliphatic heterocycles. The molecule has 6 nitrogen and oxygen atoms in total. The molecular formula is C18H18ClN3O3S. The first-order valence-corrected chi connectivity index (χ1v) is 8.49. The van der Waals surface area contributed by atoms with Gasteiger partial charge < -0.3 is 4.74 Å². The molecule has 26 heavy (non-hydrogen) atoms. The van der Waals surface area contributed by atoms with Gasteiger partial charge in [-0.05, 0) is 73.6 Å². The third-order valence-electron chi connectivity index (χ3n) is 3.50. The van der Waals surface area contributed by atoms with E-state index in [1.54, 1.807) is 30.3 Å². The Balaban J connectivity index is 1.74. The zero-order valence-electron chi connectivity index (χ0n) is 14.3. The number of halogens is 1. The molecule has 2 aromatic rings. The number of benzene rings is 2. The number of ether oxygens (including phenoxy) is 1. The maximum absolute atomic E-state index is 11.9. The molecule has 2 amide bonds. The molecular weight excluding hydrogens is 374 g/mol. The van der Waals surface area contributed by atoms with E-state index in [4.69, 9.17) is 28.6 Å². The van der Waals surface area contributed by atoms with Gasteiger partial charge in [-0.3, -0.25) is 25.8 Å². The fraction of sp³-hybridized carbons (Fsp3) is 0.167. The predicted molar refractivity (Wildman–Crippen MR) is 104 cm³/mol. The van der Waals surface area contributed by atoms with E-state index in [-0.39, 0.29) is 11.7 Å². The number of carbonyl (C=O) groups is 2. The summed E-state index contributed by atoms with van der Waals surface area (Å²) < 4.78 is 5.41. The fourth-order valence-corrected chi connectivity index (χ4v) is 2.22. The minimum atomic E-state index is -0.443. The average molecular weight is 392 g/mol. The van der Waals surface area contributed by atoms with Crippen molar-refractivity contribution in [2.24, 2.45) is 0 Å². The van der Waals surface area contributed by atoms with Crippen LogP contribution in [0.3, 0.4) is 0 Å². The number of carbonyl (C=O) groups excluding carboxylic acids is 2. The van der Waals surface area contributed by atoms with Gasteiger partial charge in [-0.1, -0.05) is 17.7 Å². The summed E-state index contributed by atoms with van der Waals surface area (Å²) in [5, 5.41) is 2.90. The molecule has 0 atom stereocenters. The molecule has 0 aliphatic rings. The lowest BCUT2D eigenvalue weighted by atomic mass is 10.1. The smallest absolute Gasteiger partial charge is 0.269 e. The molecule has 0 bridgehead atoms. The number of hydrogen-bond acceptors (Lipinski definition) is 4. The van der Waals surface area contributed by atoms with Crippen molar-refractivity contribution in [1.82, 2.24) is 16.2 Å². The van der Waals surface area contributed by atoms with Crippen LogP contribution in [-0.4, -0.2) is 23.5 Å². The molecule has 8 heteroatoms. The van der Waals surface area contributed by atoms with Crippen LogP contribution >= 0.6 is 23.8 Å². The summed E-state index contributed by atoms with van der Waals surface area (Å²) in [7, 11) is 0. The Kier molecular flexibility index (Phi) is 6.94. The van der Waals surface area contributed by atoms with Crippen LogP contribution in [0, 0.1) is 13.8 Å². The second-order valence-electron chi connectivity index (χ2n) is 5.50. The van der Waals surface area contributed by atoms with Crippen LogP contribution in [0.1, 0.15) is 21.5 Å². The van der Waals surface area contributed by atoms with Crippen molar-refractivity contribution in [3.63, 3.8) is 0 Å². The van der Waals surface area contributed by atoms with Gasteiger partial charge in [-0.2, -0.15) is 0 Å². The van der Waals surface area contributed by atoms with Crippen LogP contribution in [0.15, 0.2) is 42.5 Å². The highest BCUT2D eigenvalue weighted by Gasteiger charge is 2.09. The highest BCUT2D eigenvalue weighted by molar-refractivity contribution is 7.80. The van der Waals surface area contributed by atoms with Crippen LogP contribution in [-0.2, 0) is 4.79 Å². The summed E-state index contributed by atoms with van der Waals surface area (Å²) in [6.07, 6.45) is 0. The van der Waals surface area contributed by atoms with E-state index < -0.39 is 11.8 Å². The Morgan fingerprint density at radius 1 is 1.04 bits per heavy atom. The monoisotopic (exact) mass is 391 g/mol. The second-order valence-corrected chi connectivity index (χ2v) is 6.34. The zero-order chi connectivity index (χ0) is 19.1. The average Bonchev–Trinajstić information content (AvgIpc) is 2.61. The summed E-state index contributed by atoms with van der Waals surface area (Å²) in [5.41, 5.74) is 7.45. The molecule has 3 N–H and O–H groups in total. The molecule has 0 saturated heterocycles. The first kappa shape index (κ1) is 19.7. The van der Waals surface area contributed by atoms with Gasteiger partial charge in [0.05, 0.1) is 0 Å². The summed E-state index contributed by atoms with van der Waals surface area (Å²) in [5.74, 6) is -0.260. The van der Waals surface area contributed by atoms with E-state index in [2.05, 4.69) is 16.2 Å². The fourth-order valence-electron chi connectivity index (χ4n) is 1.93. The number of rotatable bonds is 4. The Hall–Kier alpha value is -2.64. The molecule has 0 aromatic heterocycles. The largest absolute Gasteiger partial charge is 0.484 e. The van der Waals surface area contributed by atoms with Crippen LogP contribution in [0.4, 0.5) is 0 Å². The zero-order valence-corrected chi connectivity index (χ0v) is 15.8. The maximum atomic E-state index is 11.9.